The van der Waals surface area contributed by atoms with Crippen LogP contribution in [-0.4, -0.2) is 4.98 Å². The first-order valence-corrected chi connectivity index (χ1v) is 5.74. The molecule has 3 nitrogen and oxygen atoms in total. The fourth-order valence-electron chi connectivity index (χ4n) is 1.77. The molecule has 1 aromatic heterocycles. The van der Waals surface area contributed by atoms with Crippen LogP contribution in [0.1, 0.15) is 25.3 Å². The number of hydrogen-bond donors (Lipinski definition) is 2. The van der Waals surface area contributed by atoms with Gasteiger partial charge in [-0.15, -0.1) is 0 Å². The standard InChI is InChI=1S/C14H17N3/c1-10(2)12-5-3-4-6-13(12)17-14-9-11(15)7-8-16-14/h3-10H,1-2H3,(H3,15,16,17). The van der Waals surface area contributed by atoms with E-state index in [1.165, 1.54) is 5.56 Å². The zero-order valence-corrected chi connectivity index (χ0v) is 10.1. The molecule has 0 amide bonds. The Balaban J connectivity index is 2.30. The fourth-order valence-corrected chi connectivity index (χ4v) is 1.77. The van der Waals surface area contributed by atoms with Crippen LogP contribution in [0.25, 0.3) is 0 Å². The third kappa shape index (κ3) is 2.75. The lowest BCUT2D eigenvalue weighted by atomic mass is 10.0. The van der Waals surface area contributed by atoms with Gasteiger partial charge in [-0.2, -0.15) is 0 Å². The van der Waals surface area contributed by atoms with Crippen molar-refractivity contribution in [1.29, 1.82) is 0 Å². The Morgan fingerprint density at radius 3 is 2.65 bits per heavy atom. The van der Waals surface area contributed by atoms with E-state index in [2.05, 4.69) is 36.3 Å². The van der Waals surface area contributed by atoms with Gasteiger partial charge in [0, 0.05) is 23.6 Å². The Morgan fingerprint density at radius 2 is 1.94 bits per heavy atom. The van der Waals surface area contributed by atoms with E-state index in [1.54, 1.807) is 12.3 Å². The van der Waals surface area contributed by atoms with E-state index in [9.17, 15) is 0 Å². The molecule has 3 N–H and O–H groups in total. The van der Waals surface area contributed by atoms with Crippen LogP contribution < -0.4 is 11.1 Å². The lowest BCUT2D eigenvalue weighted by molar-refractivity contribution is 0.869. The summed E-state index contributed by atoms with van der Waals surface area (Å²) in [5.41, 5.74) is 8.80. The van der Waals surface area contributed by atoms with E-state index in [0.717, 1.165) is 11.5 Å². The van der Waals surface area contributed by atoms with Gasteiger partial charge in [0.25, 0.3) is 0 Å². The highest BCUT2D eigenvalue weighted by atomic mass is 15.0. The number of nitrogens with zero attached hydrogens (tertiary/aromatic N) is 1. The number of benzene rings is 1. The number of nitrogens with two attached hydrogens (primary N) is 1. The molecule has 88 valence electrons. The molecule has 2 rings (SSSR count). The zero-order valence-electron chi connectivity index (χ0n) is 10.1. The van der Waals surface area contributed by atoms with Crippen LogP contribution in [0.4, 0.5) is 17.2 Å². The first kappa shape index (κ1) is 11.5. The third-order valence-corrected chi connectivity index (χ3v) is 2.63. The molecular weight excluding hydrogens is 210 g/mol. The first-order valence-electron chi connectivity index (χ1n) is 5.74. The van der Waals surface area contributed by atoms with Gasteiger partial charge in [0.2, 0.25) is 0 Å². The van der Waals surface area contributed by atoms with Crippen LogP contribution in [0.5, 0.6) is 0 Å². The predicted molar refractivity (Wildman–Crippen MR) is 72.5 cm³/mol. The van der Waals surface area contributed by atoms with Crippen molar-refractivity contribution in [1.82, 2.24) is 4.98 Å². The molecular formula is C14H17N3. The van der Waals surface area contributed by atoms with Crippen LogP contribution in [0, 0.1) is 0 Å². The Bertz CT molecular complexity index is 506. The Labute approximate surface area is 102 Å². The Kier molecular flexibility index (Phi) is 3.28. The molecule has 0 unspecified atom stereocenters. The second-order valence-electron chi connectivity index (χ2n) is 4.34. The minimum atomic E-state index is 0.472. The molecule has 0 saturated heterocycles. The summed E-state index contributed by atoms with van der Waals surface area (Å²) in [5.74, 6) is 1.25. The number of nitrogen functional groups attached to an aromatic ring is 1. The molecule has 0 aliphatic heterocycles. The van der Waals surface area contributed by atoms with Crippen molar-refractivity contribution in [3.63, 3.8) is 0 Å². The summed E-state index contributed by atoms with van der Waals surface area (Å²) in [6.07, 6.45) is 1.70. The maximum absolute atomic E-state index is 5.73. The number of nitrogens with one attached hydrogen (secondary N) is 1. The van der Waals surface area contributed by atoms with Crippen molar-refractivity contribution in [2.45, 2.75) is 19.8 Å². The average molecular weight is 227 g/mol. The molecule has 0 aliphatic carbocycles. The minimum absolute atomic E-state index is 0.472. The van der Waals surface area contributed by atoms with Crippen molar-refractivity contribution >= 4 is 17.2 Å². The lowest BCUT2D eigenvalue weighted by Crippen LogP contribution is -1.99. The van der Waals surface area contributed by atoms with Gasteiger partial charge in [-0.25, -0.2) is 4.98 Å². The second kappa shape index (κ2) is 4.87. The summed E-state index contributed by atoms with van der Waals surface area (Å²) in [6, 6.07) is 11.9. The molecule has 2 aromatic rings. The monoisotopic (exact) mass is 227 g/mol. The van der Waals surface area contributed by atoms with Crippen molar-refractivity contribution in [2.24, 2.45) is 0 Å². The first-order chi connectivity index (χ1) is 8.16. The quantitative estimate of drug-likeness (QED) is 0.843. The molecule has 0 saturated carbocycles. The summed E-state index contributed by atoms with van der Waals surface area (Å²) in [5, 5.41) is 3.30. The van der Waals surface area contributed by atoms with Crippen LogP contribution in [0.2, 0.25) is 0 Å². The Morgan fingerprint density at radius 1 is 1.18 bits per heavy atom. The molecule has 0 bridgehead atoms. The maximum Gasteiger partial charge on any atom is 0.132 e. The number of hydrogen-bond acceptors (Lipinski definition) is 3. The molecule has 17 heavy (non-hydrogen) atoms. The fraction of sp³-hybridized carbons (Fsp3) is 0.214. The van der Waals surface area contributed by atoms with Gasteiger partial charge in [-0.3, -0.25) is 0 Å². The van der Waals surface area contributed by atoms with Crippen LogP contribution in [-0.2, 0) is 0 Å². The van der Waals surface area contributed by atoms with Crippen molar-refractivity contribution in [3.05, 3.63) is 48.2 Å². The van der Waals surface area contributed by atoms with E-state index in [1.807, 2.05) is 18.2 Å². The zero-order chi connectivity index (χ0) is 12.3. The summed E-state index contributed by atoms with van der Waals surface area (Å²) >= 11 is 0. The van der Waals surface area contributed by atoms with Gasteiger partial charge < -0.3 is 11.1 Å². The van der Waals surface area contributed by atoms with E-state index < -0.39 is 0 Å². The summed E-state index contributed by atoms with van der Waals surface area (Å²) in [7, 11) is 0. The maximum atomic E-state index is 5.73. The summed E-state index contributed by atoms with van der Waals surface area (Å²) < 4.78 is 0. The lowest BCUT2D eigenvalue weighted by Gasteiger charge is -2.14. The topological polar surface area (TPSA) is 50.9 Å². The van der Waals surface area contributed by atoms with Crippen molar-refractivity contribution < 1.29 is 0 Å². The molecule has 1 aromatic carbocycles. The highest BCUT2D eigenvalue weighted by Gasteiger charge is 2.06. The third-order valence-electron chi connectivity index (χ3n) is 2.63. The average Bonchev–Trinajstić information content (AvgIpc) is 2.29. The van der Waals surface area contributed by atoms with Gasteiger partial charge in [-0.1, -0.05) is 32.0 Å². The molecule has 0 fully saturated rings. The molecule has 0 spiro atoms. The number of anilines is 3. The van der Waals surface area contributed by atoms with Gasteiger partial charge in [0.1, 0.15) is 5.82 Å². The van der Waals surface area contributed by atoms with E-state index >= 15 is 0 Å². The normalized spacial score (nSPS) is 10.5. The molecule has 0 aliphatic rings. The molecule has 0 atom stereocenters. The molecule has 3 heteroatoms. The second-order valence-corrected chi connectivity index (χ2v) is 4.34. The summed E-state index contributed by atoms with van der Waals surface area (Å²) in [4.78, 5) is 4.24. The Hall–Kier alpha value is -2.03. The van der Waals surface area contributed by atoms with Crippen LogP contribution >= 0.6 is 0 Å². The van der Waals surface area contributed by atoms with Gasteiger partial charge in [0.05, 0.1) is 0 Å². The number of pyridine rings is 1. The van der Waals surface area contributed by atoms with E-state index in [4.69, 9.17) is 5.73 Å². The molecule has 0 radical (unpaired) electrons. The predicted octanol–water partition coefficient (Wildman–Crippen LogP) is 3.53. The van der Waals surface area contributed by atoms with E-state index in [0.29, 0.717) is 11.6 Å². The highest BCUT2D eigenvalue weighted by molar-refractivity contribution is 5.63. The van der Waals surface area contributed by atoms with Crippen molar-refractivity contribution in [2.75, 3.05) is 11.1 Å². The number of para-hydroxylation sites is 1. The van der Waals surface area contributed by atoms with Crippen LogP contribution in [0.15, 0.2) is 42.6 Å². The highest BCUT2D eigenvalue weighted by Crippen LogP contribution is 2.26. The van der Waals surface area contributed by atoms with Crippen LogP contribution in [0.3, 0.4) is 0 Å². The van der Waals surface area contributed by atoms with Gasteiger partial charge in [0.15, 0.2) is 0 Å². The smallest absolute Gasteiger partial charge is 0.132 e. The van der Waals surface area contributed by atoms with E-state index in [-0.39, 0.29) is 0 Å². The largest absolute Gasteiger partial charge is 0.399 e. The summed E-state index contributed by atoms with van der Waals surface area (Å²) in [6.45, 7) is 4.35. The van der Waals surface area contributed by atoms with Gasteiger partial charge >= 0.3 is 0 Å². The SMILES string of the molecule is CC(C)c1ccccc1Nc1cc(N)ccn1. The van der Waals surface area contributed by atoms with Crippen molar-refractivity contribution in [3.8, 4) is 0 Å². The number of aromatic nitrogens is 1. The number of rotatable bonds is 3. The minimum Gasteiger partial charge on any atom is -0.399 e. The molecule has 1 heterocycles. The van der Waals surface area contributed by atoms with Gasteiger partial charge in [-0.05, 0) is 23.6 Å².